The van der Waals surface area contributed by atoms with Gasteiger partial charge in [0, 0.05) is 38.6 Å². The van der Waals surface area contributed by atoms with Crippen LogP contribution in [-0.2, 0) is 16.6 Å². The van der Waals surface area contributed by atoms with Gasteiger partial charge in [0.05, 0.1) is 5.25 Å². The summed E-state index contributed by atoms with van der Waals surface area (Å²) in [5, 5.41) is -0.509. The van der Waals surface area contributed by atoms with Crippen molar-refractivity contribution in [1.29, 1.82) is 0 Å². The molecule has 2 rings (SSSR count). The smallest absolute Gasteiger partial charge is 0.217 e. The summed E-state index contributed by atoms with van der Waals surface area (Å²) in [5.74, 6) is 0.145. The number of nitrogens with zero attached hydrogens (tertiary/aromatic N) is 2. The van der Waals surface area contributed by atoms with Gasteiger partial charge in [-0.3, -0.25) is 4.90 Å². The first-order valence-corrected chi connectivity index (χ1v) is 8.89. The average molecular weight is 317 g/mol. The first-order valence-electron chi connectivity index (χ1n) is 6.85. The molecule has 0 spiro atoms. The molecule has 1 aromatic rings. The highest BCUT2D eigenvalue weighted by atomic mass is 35.5. The summed E-state index contributed by atoms with van der Waals surface area (Å²) in [6, 6.07) is 10.2. The molecule has 1 heterocycles. The predicted molar refractivity (Wildman–Crippen MR) is 82.4 cm³/mol. The van der Waals surface area contributed by atoms with Gasteiger partial charge in [0.1, 0.15) is 0 Å². The van der Waals surface area contributed by atoms with Crippen molar-refractivity contribution in [1.82, 2.24) is 9.21 Å². The summed E-state index contributed by atoms with van der Waals surface area (Å²) in [7, 11) is -3.23. The average Bonchev–Trinajstić information content (AvgIpc) is 2.48. The lowest BCUT2D eigenvalue weighted by atomic mass is 10.2. The maximum atomic E-state index is 12.2. The molecule has 0 amide bonds. The number of rotatable bonds is 5. The van der Waals surface area contributed by atoms with E-state index in [9.17, 15) is 8.42 Å². The first kappa shape index (κ1) is 15.8. The van der Waals surface area contributed by atoms with Crippen molar-refractivity contribution < 1.29 is 8.42 Å². The molecule has 20 heavy (non-hydrogen) atoms. The molecular weight excluding hydrogens is 296 g/mol. The Hall–Kier alpha value is -0.620. The zero-order valence-electron chi connectivity index (χ0n) is 11.7. The van der Waals surface area contributed by atoms with Gasteiger partial charge in [-0.2, -0.15) is 4.31 Å². The lowest BCUT2D eigenvalue weighted by Gasteiger charge is -2.35. The molecule has 1 aromatic carbocycles. The Kier molecular flexibility index (Phi) is 5.43. The quantitative estimate of drug-likeness (QED) is 0.777. The SMILES string of the molecule is CC(CCl)S(=O)(=O)N1CCN(Cc2ccccc2)CC1. The van der Waals surface area contributed by atoms with Gasteiger partial charge in [0.2, 0.25) is 10.0 Å². The van der Waals surface area contributed by atoms with Gasteiger partial charge in [-0.25, -0.2) is 8.42 Å². The van der Waals surface area contributed by atoms with E-state index in [1.807, 2.05) is 18.2 Å². The Morgan fingerprint density at radius 2 is 1.75 bits per heavy atom. The summed E-state index contributed by atoms with van der Waals surface area (Å²) < 4.78 is 26.0. The van der Waals surface area contributed by atoms with Crippen molar-refractivity contribution in [2.75, 3.05) is 32.1 Å². The number of hydrogen-bond acceptors (Lipinski definition) is 3. The van der Waals surface area contributed by atoms with Crippen molar-refractivity contribution in [3.8, 4) is 0 Å². The molecule has 0 saturated carbocycles. The molecule has 4 nitrogen and oxygen atoms in total. The van der Waals surface area contributed by atoms with Crippen molar-refractivity contribution in [2.24, 2.45) is 0 Å². The minimum atomic E-state index is -3.23. The van der Waals surface area contributed by atoms with Crippen molar-refractivity contribution >= 4 is 21.6 Å². The van der Waals surface area contributed by atoms with E-state index in [1.165, 1.54) is 5.56 Å². The number of sulfonamides is 1. The van der Waals surface area contributed by atoms with E-state index in [0.717, 1.165) is 19.6 Å². The highest BCUT2D eigenvalue weighted by Gasteiger charge is 2.30. The van der Waals surface area contributed by atoms with E-state index in [2.05, 4.69) is 17.0 Å². The summed E-state index contributed by atoms with van der Waals surface area (Å²) in [6.07, 6.45) is 0. The van der Waals surface area contributed by atoms with E-state index in [4.69, 9.17) is 11.6 Å². The second-order valence-corrected chi connectivity index (χ2v) is 7.83. The lowest BCUT2D eigenvalue weighted by molar-refractivity contribution is 0.181. The fraction of sp³-hybridized carbons (Fsp3) is 0.571. The molecule has 112 valence electrons. The third kappa shape index (κ3) is 3.73. The van der Waals surface area contributed by atoms with Gasteiger partial charge >= 0.3 is 0 Å². The van der Waals surface area contributed by atoms with E-state index in [-0.39, 0.29) is 5.88 Å². The lowest BCUT2D eigenvalue weighted by Crippen LogP contribution is -2.50. The van der Waals surface area contributed by atoms with Gasteiger partial charge < -0.3 is 0 Å². The van der Waals surface area contributed by atoms with Crippen LogP contribution in [0.4, 0.5) is 0 Å². The van der Waals surface area contributed by atoms with E-state index < -0.39 is 15.3 Å². The normalized spacial score (nSPS) is 19.9. The summed E-state index contributed by atoms with van der Waals surface area (Å²) >= 11 is 5.68. The summed E-state index contributed by atoms with van der Waals surface area (Å²) in [5.41, 5.74) is 1.26. The highest BCUT2D eigenvalue weighted by molar-refractivity contribution is 7.89. The molecule has 1 fully saturated rings. The van der Waals surface area contributed by atoms with Crippen LogP contribution in [0.25, 0.3) is 0 Å². The second-order valence-electron chi connectivity index (χ2n) is 5.17. The van der Waals surface area contributed by atoms with Crippen LogP contribution in [-0.4, -0.2) is 54.9 Å². The molecule has 0 aliphatic carbocycles. The van der Waals surface area contributed by atoms with Crippen molar-refractivity contribution in [3.63, 3.8) is 0 Å². The van der Waals surface area contributed by atoms with E-state index in [0.29, 0.717) is 13.1 Å². The minimum Gasteiger partial charge on any atom is -0.296 e. The Morgan fingerprint density at radius 3 is 2.30 bits per heavy atom. The second kappa shape index (κ2) is 6.89. The van der Waals surface area contributed by atoms with Gasteiger partial charge in [-0.05, 0) is 12.5 Å². The number of piperazine rings is 1. The fourth-order valence-corrected chi connectivity index (χ4v) is 4.14. The molecule has 1 saturated heterocycles. The molecule has 6 heteroatoms. The topological polar surface area (TPSA) is 40.6 Å². The maximum Gasteiger partial charge on any atom is 0.217 e. The van der Waals surface area contributed by atoms with Crippen molar-refractivity contribution in [2.45, 2.75) is 18.7 Å². The van der Waals surface area contributed by atoms with Gasteiger partial charge in [0.15, 0.2) is 0 Å². The molecule has 1 aliphatic heterocycles. The Labute approximate surface area is 126 Å². The minimum absolute atomic E-state index is 0.145. The first-order chi connectivity index (χ1) is 9.54. The van der Waals surface area contributed by atoms with Gasteiger partial charge in [-0.15, -0.1) is 11.6 Å². The van der Waals surface area contributed by atoms with Crippen LogP contribution >= 0.6 is 11.6 Å². The third-order valence-electron chi connectivity index (χ3n) is 3.67. The summed E-state index contributed by atoms with van der Waals surface area (Å²) in [4.78, 5) is 2.28. The van der Waals surface area contributed by atoms with Crippen LogP contribution in [0.2, 0.25) is 0 Å². The van der Waals surface area contributed by atoms with E-state index in [1.54, 1.807) is 11.2 Å². The van der Waals surface area contributed by atoms with Crippen LogP contribution in [0, 0.1) is 0 Å². The zero-order chi connectivity index (χ0) is 14.6. The number of halogens is 1. The number of benzene rings is 1. The number of alkyl halides is 1. The van der Waals surface area contributed by atoms with Crippen LogP contribution in [0.5, 0.6) is 0 Å². The Balaban J connectivity index is 1.90. The summed E-state index contributed by atoms with van der Waals surface area (Å²) in [6.45, 7) is 5.18. The van der Waals surface area contributed by atoms with Crippen LogP contribution in [0.3, 0.4) is 0 Å². The molecule has 0 aromatic heterocycles. The maximum absolute atomic E-state index is 12.2. The van der Waals surface area contributed by atoms with Gasteiger partial charge in [-0.1, -0.05) is 30.3 Å². The standard InChI is InChI=1S/C14H21ClN2O2S/c1-13(11-15)20(18,19)17-9-7-16(8-10-17)12-14-5-3-2-4-6-14/h2-6,13H,7-12H2,1H3. The van der Waals surface area contributed by atoms with Crippen molar-refractivity contribution in [3.05, 3.63) is 35.9 Å². The molecule has 0 N–H and O–H groups in total. The molecule has 0 radical (unpaired) electrons. The highest BCUT2D eigenvalue weighted by Crippen LogP contribution is 2.15. The third-order valence-corrected chi connectivity index (χ3v) is 6.58. The van der Waals surface area contributed by atoms with Crippen LogP contribution in [0.15, 0.2) is 30.3 Å². The predicted octanol–water partition coefficient (Wildman–Crippen LogP) is 1.76. The number of hydrogen-bond donors (Lipinski definition) is 0. The van der Waals surface area contributed by atoms with Gasteiger partial charge in [0.25, 0.3) is 0 Å². The van der Waals surface area contributed by atoms with E-state index >= 15 is 0 Å². The fourth-order valence-electron chi connectivity index (χ4n) is 2.32. The Bertz CT molecular complexity index is 513. The zero-order valence-corrected chi connectivity index (χ0v) is 13.3. The van der Waals surface area contributed by atoms with Crippen LogP contribution in [0.1, 0.15) is 12.5 Å². The molecule has 1 unspecified atom stereocenters. The Morgan fingerprint density at radius 1 is 1.15 bits per heavy atom. The molecule has 1 atom stereocenters. The molecule has 1 aliphatic rings. The van der Waals surface area contributed by atoms with Crippen LogP contribution < -0.4 is 0 Å². The molecule has 0 bridgehead atoms. The largest absolute Gasteiger partial charge is 0.296 e. The molecular formula is C14H21ClN2O2S. The monoisotopic (exact) mass is 316 g/mol.